The van der Waals surface area contributed by atoms with E-state index in [-0.39, 0.29) is 0 Å². The van der Waals surface area contributed by atoms with Crippen molar-refractivity contribution in [3.05, 3.63) is 41.0 Å². The predicted molar refractivity (Wildman–Crippen MR) is 92.4 cm³/mol. The number of para-hydroxylation sites is 2. The second-order valence-electron chi connectivity index (χ2n) is 5.16. The molecular weight excluding hydrogens is 294 g/mol. The molecule has 0 aliphatic carbocycles. The number of hydrogen-bond donors (Lipinski definition) is 1. The third-order valence-electron chi connectivity index (χ3n) is 3.57. The smallest absolute Gasteiger partial charge is 0.142 e. The van der Waals surface area contributed by atoms with Crippen LogP contribution in [0, 0.1) is 13.8 Å². The van der Waals surface area contributed by atoms with E-state index in [1.807, 2.05) is 24.3 Å². The first-order valence-corrected chi connectivity index (χ1v) is 8.22. The van der Waals surface area contributed by atoms with Gasteiger partial charge in [-0.1, -0.05) is 19.1 Å². The van der Waals surface area contributed by atoms with E-state index in [0.29, 0.717) is 6.61 Å². The number of nitrogens with zero attached hydrogens (tertiary/aromatic N) is 2. The Morgan fingerprint density at radius 3 is 2.82 bits per heavy atom. The molecule has 1 N–H and O–H groups in total. The van der Waals surface area contributed by atoms with Crippen molar-refractivity contribution >= 4 is 33.1 Å². The highest BCUT2D eigenvalue weighted by atomic mass is 32.1. The molecule has 0 spiro atoms. The van der Waals surface area contributed by atoms with Gasteiger partial charge in [-0.2, -0.15) is 0 Å². The van der Waals surface area contributed by atoms with Gasteiger partial charge in [0.15, 0.2) is 0 Å². The fourth-order valence-electron chi connectivity index (χ4n) is 2.31. The van der Waals surface area contributed by atoms with Crippen molar-refractivity contribution < 1.29 is 4.74 Å². The van der Waals surface area contributed by atoms with Crippen LogP contribution in [0.5, 0.6) is 5.75 Å². The monoisotopic (exact) mass is 313 g/mol. The Hall–Kier alpha value is -2.14. The summed E-state index contributed by atoms with van der Waals surface area (Å²) in [6, 6.07) is 7.95. The van der Waals surface area contributed by atoms with Gasteiger partial charge < -0.3 is 10.1 Å². The number of aryl methyl sites for hydroxylation is 2. The summed E-state index contributed by atoms with van der Waals surface area (Å²) < 4.78 is 5.80. The average molecular weight is 313 g/mol. The van der Waals surface area contributed by atoms with E-state index in [9.17, 15) is 0 Å². The van der Waals surface area contributed by atoms with Crippen molar-refractivity contribution in [3.8, 4) is 5.75 Å². The molecule has 0 amide bonds. The van der Waals surface area contributed by atoms with Crippen molar-refractivity contribution in [1.29, 1.82) is 0 Å². The van der Waals surface area contributed by atoms with Crippen LogP contribution >= 0.6 is 11.3 Å². The summed E-state index contributed by atoms with van der Waals surface area (Å²) in [7, 11) is 0. The van der Waals surface area contributed by atoms with Crippen LogP contribution in [-0.2, 0) is 0 Å². The molecule has 0 bridgehead atoms. The molecule has 5 heteroatoms. The van der Waals surface area contributed by atoms with Gasteiger partial charge >= 0.3 is 0 Å². The molecule has 3 rings (SSSR count). The molecule has 0 aliphatic heterocycles. The molecule has 114 valence electrons. The number of aromatic nitrogens is 2. The summed E-state index contributed by atoms with van der Waals surface area (Å²) in [4.78, 5) is 11.1. The SMILES string of the molecule is CCCOc1ccccc1Nc1ncnc2sc(C)c(C)c12. The molecule has 0 atom stereocenters. The quantitative estimate of drug-likeness (QED) is 0.732. The number of rotatable bonds is 5. The van der Waals surface area contributed by atoms with Gasteiger partial charge in [0.1, 0.15) is 22.7 Å². The Morgan fingerprint density at radius 1 is 1.18 bits per heavy atom. The molecule has 0 unspecified atom stereocenters. The van der Waals surface area contributed by atoms with Crippen LogP contribution in [0.3, 0.4) is 0 Å². The molecule has 0 aliphatic rings. The highest BCUT2D eigenvalue weighted by Crippen LogP contribution is 2.35. The maximum atomic E-state index is 5.80. The largest absolute Gasteiger partial charge is 0.491 e. The van der Waals surface area contributed by atoms with Gasteiger partial charge in [-0.3, -0.25) is 0 Å². The normalized spacial score (nSPS) is 10.9. The topological polar surface area (TPSA) is 47.0 Å². The molecule has 0 saturated carbocycles. The fourth-order valence-corrected chi connectivity index (χ4v) is 3.31. The van der Waals surface area contributed by atoms with Crippen LogP contribution in [0.2, 0.25) is 0 Å². The van der Waals surface area contributed by atoms with E-state index >= 15 is 0 Å². The predicted octanol–water partition coefficient (Wildman–Crippen LogP) is 4.84. The Bertz CT molecular complexity index is 798. The molecule has 2 heterocycles. The van der Waals surface area contributed by atoms with Crippen molar-refractivity contribution in [2.75, 3.05) is 11.9 Å². The average Bonchev–Trinajstić information content (AvgIpc) is 2.82. The lowest BCUT2D eigenvalue weighted by Gasteiger charge is -2.13. The molecule has 3 aromatic rings. The molecular formula is C17H19N3OS. The molecule has 4 nitrogen and oxygen atoms in total. The van der Waals surface area contributed by atoms with Crippen LogP contribution in [0.1, 0.15) is 23.8 Å². The lowest BCUT2D eigenvalue weighted by Crippen LogP contribution is -2.01. The fraction of sp³-hybridized carbons (Fsp3) is 0.294. The van der Waals surface area contributed by atoms with Crippen molar-refractivity contribution in [3.63, 3.8) is 0 Å². The minimum atomic E-state index is 0.703. The summed E-state index contributed by atoms with van der Waals surface area (Å²) in [5.41, 5.74) is 2.16. The number of anilines is 2. The lowest BCUT2D eigenvalue weighted by molar-refractivity contribution is 0.319. The summed E-state index contributed by atoms with van der Waals surface area (Å²) in [6.07, 6.45) is 2.59. The van der Waals surface area contributed by atoms with Crippen molar-refractivity contribution in [1.82, 2.24) is 9.97 Å². The second-order valence-corrected chi connectivity index (χ2v) is 6.36. The summed E-state index contributed by atoms with van der Waals surface area (Å²) in [5, 5.41) is 4.50. The number of benzene rings is 1. The van der Waals surface area contributed by atoms with Crippen molar-refractivity contribution in [2.24, 2.45) is 0 Å². The summed E-state index contributed by atoms with van der Waals surface area (Å²) in [6.45, 7) is 7.03. The first kappa shape index (κ1) is 14.8. The van der Waals surface area contributed by atoms with Crippen LogP contribution < -0.4 is 10.1 Å². The zero-order chi connectivity index (χ0) is 15.5. The van der Waals surface area contributed by atoms with Crippen LogP contribution in [0.25, 0.3) is 10.2 Å². The van der Waals surface area contributed by atoms with Crippen molar-refractivity contribution in [2.45, 2.75) is 27.2 Å². The standard InChI is InChI=1S/C17H19N3OS/c1-4-9-21-14-8-6-5-7-13(14)20-16-15-11(2)12(3)22-17(15)19-10-18-16/h5-8,10H,4,9H2,1-3H3,(H,18,19,20). The van der Waals surface area contributed by atoms with Gasteiger partial charge in [-0.05, 0) is 38.0 Å². The van der Waals surface area contributed by atoms with Gasteiger partial charge in [-0.15, -0.1) is 11.3 Å². The zero-order valence-electron chi connectivity index (χ0n) is 13.0. The Balaban J connectivity index is 2.00. The maximum Gasteiger partial charge on any atom is 0.142 e. The van der Waals surface area contributed by atoms with E-state index in [1.54, 1.807) is 17.7 Å². The van der Waals surface area contributed by atoms with Crippen LogP contribution in [0.15, 0.2) is 30.6 Å². The van der Waals surface area contributed by atoms with E-state index in [1.165, 1.54) is 10.4 Å². The van der Waals surface area contributed by atoms with Crippen LogP contribution in [0.4, 0.5) is 11.5 Å². The highest BCUT2D eigenvalue weighted by Gasteiger charge is 2.13. The van der Waals surface area contributed by atoms with Gasteiger partial charge in [0.25, 0.3) is 0 Å². The van der Waals surface area contributed by atoms with Gasteiger partial charge in [-0.25, -0.2) is 9.97 Å². The van der Waals surface area contributed by atoms with E-state index in [0.717, 1.165) is 33.9 Å². The number of nitrogens with one attached hydrogen (secondary N) is 1. The number of fused-ring (bicyclic) bond motifs is 1. The van der Waals surface area contributed by atoms with Crippen LogP contribution in [-0.4, -0.2) is 16.6 Å². The minimum Gasteiger partial charge on any atom is -0.491 e. The molecule has 0 saturated heterocycles. The molecule has 1 aromatic carbocycles. The number of ether oxygens (including phenoxy) is 1. The molecule has 2 aromatic heterocycles. The minimum absolute atomic E-state index is 0.703. The summed E-state index contributed by atoms with van der Waals surface area (Å²) >= 11 is 1.70. The molecule has 0 fully saturated rings. The first-order chi connectivity index (χ1) is 10.7. The van der Waals surface area contributed by atoms with E-state index in [4.69, 9.17) is 4.74 Å². The lowest BCUT2D eigenvalue weighted by atomic mass is 10.2. The highest BCUT2D eigenvalue weighted by molar-refractivity contribution is 7.18. The molecule has 22 heavy (non-hydrogen) atoms. The summed E-state index contributed by atoms with van der Waals surface area (Å²) in [5.74, 6) is 1.68. The molecule has 0 radical (unpaired) electrons. The van der Waals surface area contributed by atoms with Gasteiger partial charge in [0.2, 0.25) is 0 Å². The van der Waals surface area contributed by atoms with E-state index < -0.39 is 0 Å². The van der Waals surface area contributed by atoms with E-state index in [2.05, 4.69) is 36.1 Å². The number of hydrogen-bond acceptors (Lipinski definition) is 5. The second kappa shape index (κ2) is 6.32. The van der Waals surface area contributed by atoms with Gasteiger partial charge in [0, 0.05) is 4.88 Å². The Labute approximate surface area is 134 Å². The Morgan fingerprint density at radius 2 is 2.00 bits per heavy atom. The Kier molecular flexibility index (Phi) is 4.24. The number of thiophene rings is 1. The van der Waals surface area contributed by atoms with Gasteiger partial charge in [0.05, 0.1) is 17.7 Å². The maximum absolute atomic E-state index is 5.80. The first-order valence-electron chi connectivity index (χ1n) is 7.40. The zero-order valence-corrected chi connectivity index (χ0v) is 13.8. The third kappa shape index (κ3) is 2.76. The third-order valence-corrected chi connectivity index (χ3v) is 4.68.